The van der Waals surface area contributed by atoms with Gasteiger partial charge in [0.25, 0.3) is 0 Å². The molecular formula is C16H22N2O. The molecular weight excluding hydrogens is 236 g/mol. The van der Waals surface area contributed by atoms with Gasteiger partial charge in [0.05, 0.1) is 6.61 Å². The summed E-state index contributed by atoms with van der Waals surface area (Å²) in [5.74, 6) is 1.09. The van der Waals surface area contributed by atoms with E-state index < -0.39 is 0 Å². The molecule has 0 radical (unpaired) electrons. The second-order valence-electron chi connectivity index (χ2n) is 5.55. The molecule has 1 N–H and O–H groups in total. The number of hydrogen-bond donors (Lipinski definition) is 1. The van der Waals surface area contributed by atoms with Crippen LogP contribution in [0.2, 0.25) is 0 Å². The summed E-state index contributed by atoms with van der Waals surface area (Å²) in [6, 6.07) is 4.81. The number of ether oxygens (including phenoxy) is 1. The normalized spacial score (nSPS) is 16.2. The number of aromatic nitrogens is 1. The highest BCUT2D eigenvalue weighted by Crippen LogP contribution is 2.35. The van der Waals surface area contributed by atoms with Crippen molar-refractivity contribution in [2.75, 3.05) is 13.7 Å². The Morgan fingerprint density at radius 2 is 2.26 bits per heavy atom. The zero-order valence-corrected chi connectivity index (χ0v) is 12.0. The second kappa shape index (κ2) is 4.89. The van der Waals surface area contributed by atoms with E-state index in [2.05, 4.69) is 42.2 Å². The van der Waals surface area contributed by atoms with Crippen LogP contribution in [-0.4, -0.2) is 24.3 Å². The smallest absolute Gasteiger partial charge is 0.123 e. The highest BCUT2D eigenvalue weighted by Gasteiger charge is 2.18. The van der Waals surface area contributed by atoms with Gasteiger partial charge in [-0.2, -0.15) is 0 Å². The maximum Gasteiger partial charge on any atom is 0.123 e. The Hall–Kier alpha value is -1.48. The van der Waals surface area contributed by atoms with Gasteiger partial charge in [0.1, 0.15) is 5.75 Å². The van der Waals surface area contributed by atoms with Crippen LogP contribution in [0.3, 0.4) is 0 Å². The molecule has 0 aliphatic carbocycles. The van der Waals surface area contributed by atoms with Crippen LogP contribution in [-0.2, 0) is 19.9 Å². The van der Waals surface area contributed by atoms with Crippen molar-refractivity contribution in [3.05, 3.63) is 29.5 Å². The summed E-state index contributed by atoms with van der Waals surface area (Å²) < 4.78 is 8.04. The third-order valence-electron chi connectivity index (χ3n) is 4.15. The molecule has 1 aromatic heterocycles. The fourth-order valence-electron chi connectivity index (χ4n) is 3.04. The largest absolute Gasteiger partial charge is 0.493 e. The van der Waals surface area contributed by atoms with E-state index in [1.807, 2.05) is 7.05 Å². The Morgan fingerprint density at radius 1 is 1.42 bits per heavy atom. The molecule has 0 saturated heterocycles. The fourth-order valence-corrected chi connectivity index (χ4v) is 3.04. The third-order valence-corrected chi connectivity index (χ3v) is 4.15. The van der Waals surface area contributed by atoms with Gasteiger partial charge in [-0.05, 0) is 50.9 Å². The maximum atomic E-state index is 5.80. The number of benzene rings is 1. The van der Waals surface area contributed by atoms with Crippen molar-refractivity contribution in [2.45, 2.75) is 32.2 Å². The lowest BCUT2D eigenvalue weighted by Crippen LogP contribution is -2.23. The summed E-state index contributed by atoms with van der Waals surface area (Å²) in [5.41, 5.74) is 4.16. The average molecular weight is 258 g/mol. The number of rotatable bonds is 3. The van der Waals surface area contributed by atoms with Gasteiger partial charge in [-0.3, -0.25) is 0 Å². The molecule has 2 heterocycles. The minimum atomic E-state index is 0.492. The number of fused-ring (bicyclic) bond motifs is 3. The van der Waals surface area contributed by atoms with Crippen molar-refractivity contribution in [1.82, 2.24) is 9.88 Å². The van der Waals surface area contributed by atoms with Crippen molar-refractivity contribution in [3.63, 3.8) is 0 Å². The molecule has 19 heavy (non-hydrogen) atoms. The summed E-state index contributed by atoms with van der Waals surface area (Å²) in [4.78, 5) is 0. The fraction of sp³-hybridized carbons (Fsp3) is 0.500. The van der Waals surface area contributed by atoms with E-state index in [0.717, 1.165) is 31.6 Å². The zero-order chi connectivity index (χ0) is 13.4. The van der Waals surface area contributed by atoms with Gasteiger partial charge in [0, 0.05) is 35.8 Å². The van der Waals surface area contributed by atoms with Crippen LogP contribution in [0.1, 0.15) is 24.5 Å². The van der Waals surface area contributed by atoms with Crippen molar-refractivity contribution < 1.29 is 4.74 Å². The van der Waals surface area contributed by atoms with Crippen molar-refractivity contribution in [1.29, 1.82) is 0 Å². The van der Waals surface area contributed by atoms with Crippen molar-refractivity contribution in [2.24, 2.45) is 7.05 Å². The molecule has 2 aromatic rings. The Balaban J connectivity index is 2.16. The number of aryl methyl sites for hydroxylation is 2. The maximum absolute atomic E-state index is 5.80. The first-order valence-corrected chi connectivity index (χ1v) is 7.10. The van der Waals surface area contributed by atoms with E-state index in [4.69, 9.17) is 4.74 Å². The number of nitrogens with zero attached hydrogens (tertiary/aromatic N) is 1. The summed E-state index contributed by atoms with van der Waals surface area (Å²) in [6.45, 7) is 3.08. The average Bonchev–Trinajstić information content (AvgIpc) is 2.75. The van der Waals surface area contributed by atoms with Gasteiger partial charge < -0.3 is 14.6 Å². The van der Waals surface area contributed by atoms with Gasteiger partial charge in [-0.1, -0.05) is 0 Å². The quantitative estimate of drug-likeness (QED) is 0.916. The topological polar surface area (TPSA) is 26.2 Å². The Morgan fingerprint density at radius 3 is 3.05 bits per heavy atom. The molecule has 3 rings (SSSR count). The molecule has 1 unspecified atom stereocenters. The van der Waals surface area contributed by atoms with Crippen LogP contribution in [0.4, 0.5) is 0 Å². The molecule has 0 spiro atoms. The molecule has 1 aliphatic heterocycles. The first kappa shape index (κ1) is 12.5. The summed E-state index contributed by atoms with van der Waals surface area (Å²) in [5, 5.41) is 4.75. The Kier molecular flexibility index (Phi) is 3.23. The molecule has 0 amide bonds. The van der Waals surface area contributed by atoms with E-state index in [1.165, 1.54) is 22.0 Å². The Labute approximate surface area is 114 Å². The van der Waals surface area contributed by atoms with Crippen LogP contribution < -0.4 is 10.1 Å². The number of hydrogen-bond acceptors (Lipinski definition) is 2. The number of likely N-dealkylation sites (N-methyl/N-ethyl adjacent to an activating group) is 1. The van der Waals surface area contributed by atoms with E-state index in [-0.39, 0.29) is 0 Å². The molecule has 0 bridgehead atoms. The predicted molar refractivity (Wildman–Crippen MR) is 79.0 cm³/mol. The van der Waals surface area contributed by atoms with E-state index in [1.54, 1.807) is 0 Å². The monoisotopic (exact) mass is 258 g/mol. The van der Waals surface area contributed by atoms with Crippen LogP contribution in [0, 0.1) is 0 Å². The van der Waals surface area contributed by atoms with Gasteiger partial charge >= 0.3 is 0 Å². The minimum Gasteiger partial charge on any atom is -0.493 e. The lowest BCUT2D eigenvalue weighted by molar-refractivity contribution is 0.289. The Bertz CT molecular complexity index is 600. The first-order valence-electron chi connectivity index (χ1n) is 7.10. The van der Waals surface area contributed by atoms with Crippen molar-refractivity contribution in [3.8, 4) is 5.75 Å². The van der Waals surface area contributed by atoms with Gasteiger partial charge in [-0.25, -0.2) is 0 Å². The zero-order valence-electron chi connectivity index (χ0n) is 12.0. The van der Waals surface area contributed by atoms with Gasteiger partial charge in [0.2, 0.25) is 0 Å². The minimum absolute atomic E-state index is 0.492. The van der Waals surface area contributed by atoms with E-state index in [0.29, 0.717) is 6.04 Å². The van der Waals surface area contributed by atoms with E-state index >= 15 is 0 Å². The third kappa shape index (κ3) is 2.12. The first-order chi connectivity index (χ1) is 9.20. The summed E-state index contributed by atoms with van der Waals surface area (Å²) >= 11 is 0. The van der Waals surface area contributed by atoms with Gasteiger partial charge in [0.15, 0.2) is 0 Å². The molecule has 3 nitrogen and oxygen atoms in total. The predicted octanol–water partition coefficient (Wildman–Crippen LogP) is 2.65. The standard InChI is InChI=1S/C16H22N2O/c1-11(17-2)9-12-10-18(3)14-6-7-15-13(16(12)14)5-4-8-19-15/h6-7,10-11,17H,4-5,8-9H2,1-3H3. The van der Waals surface area contributed by atoms with Crippen LogP contribution in [0.5, 0.6) is 5.75 Å². The van der Waals surface area contributed by atoms with Crippen molar-refractivity contribution >= 4 is 10.9 Å². The molecule has 0 fully saturated rings. The van der Waals surface area contributed by atoms with Crippen LogP contribution >= 0.6 is 0 Å². The molecule has 1 aliphatic rings. The highest BCUT2D eigenvalue weighted by atomic mass is 16.5. The molecule has 102 valence electrons. The lowest BCUT2D eigenvalue weighted by Gasteiger charge is -2.19. The molecule has 0 saturated carbocycles. The molecule has 1 aromatic carbocycles. The highest BCUT2D eigenvalue weighted by molar-refractivity contribution is 5.89. The van der Waals surface area contributed by atoms with Crippen LogP contribution in [0.15, 0.2) is 18.3 Å². The molecule has 3 heteroatoms. The second-order valence-corrected chi connectivity index (χ2v) is 5.55. The van der Waals surface area contributed by atoms with Gasteiger partial charge in [-0.15, -0.1) is 0 Å². The van der Waals surface area contributed by atoms with E-state index in [9.17, 15) is 0 Å². The SMILES string of the molecule is CNC(C)Cc1cn(C)c2ccc3c(c12)CCCO3. The lowest BCUT2D eigenvalue weighted by atomic mass is 9.97. The number of nitrogens with one attached hydrogen (secondary N) is 1. The molecule has 1 atom stereocenters. The summed E-state index contributed by atoms with van der Waals surface area (Å²) in [7, 11) is 4.15. The van der Waals surface area contributed by atoms with Crippen LogP contribution in [0.25, 0.3) is 10.9 Å². The summed E-state index contributed by atoms with van der Waals surface area (Å²) in [6.07, 6.45) is 5.59.